The van der Waals surface area contributed by atoms with Gasteiger partial charge in [-0.05, 0) is 43.3 Å². The number of aryl methyl sites for hydroxylation is 1. The number of hydrogen-bond donors (Lipinski definition) is 1. The molecule has 2 aromatic heterocycles. The minimum Gasteiger partial charge on any atom is -0.497 e. The van der Waals surface area contributed by atoms with E-state index in [1.165, 1.54) is 7.11 Å². The molecule has 0 aliphatic carbocycles. The molecule has 3 N–H and O–H groups in total. The Labute approximate surface area is 149 Å². The number of methoxy groups -OCH3 is 2. The first kappa shape index (κ1) is 17.8. The van der Waals surface area contributed by atoms with Crippen LogP contribution >= 0.6 is 0 Å². The maximum absolute atomic E-state index is 10.8. The molecule has 4 rings (SSSR count). The van der Waals surface area contributed by atoms with Gasteiger partial charge in [-0.15, -0.1) is 0 Å². The highest BCUT2D eigenvalue weighted by Gasteiger charge is 2.25. The Kier molecular flexibility index (Phi) is 4.63. The first-order chi connectivity index (χ1) is 12.1. The number of fused-ring (bicyclic) bond motifs is 2. The second-order valence-corrected chi connectivity index (χ2v) is 5.96. The molecule has 2 aromatic carbocycles. The van der Waals surface area contributed by atoms with Crippen molar-refractivity contribution in [2.45, 2.75) is 13.0 Å². The van der Waals surface area contributed by atoms with Gasteiger partial charge in [0, 0.05) is 10.8 Å². The summed E-state index contributed by atoms with van der Waals surface area (Å²) in [6, 6.07) is 13.2. The number of ether oxygens (including phenoxy) is 2. The molecule has 0 aliphatic rings. The molecule has 0 bridgehead atoms. The zero-order valence-corrected chi connectivity index (χ0v) is 14.7. The number of hydrogen-bond acceptors (Lipinski definition) is 5. The Morgan fingerprint density at radius 2 is 1.73 bits per heavy atom. The SMILES string of the molecule is COc1ccc2c(OC)oc(C(O)c3cc4cc(C)ccc4o3)c2c1.O. The fourth-order valence-corrected chi connectivity index (χ4v) is 3.04. The predicted molar refractivity (Wildman–Crippen MR) is 97.9 cm³/mol. The molecule has 0 radical (unpaired) electrons. The van der Waals surface area contributed by atoms with Crippen molar-refractivity contribution in [3.8, 4) is 11.7 Å². The summed E-state index contributed by atoms with van der Waals surface area (Å²) in [6.45, 7) is 2.01. The largest absolute Gasteiger partial charge is 0.497 e. The summed E-state index contributed by atoms with van der Waals surface area (Å²) in [4.78, 5) is 0. The van der Waals surface area contributed by atoms with Gasteiger partial charge >= 0.3 is 0 Å². The van der Waals surface area contributed by atoms with Crippen molar-refractivity contribution < 1.29 is 28.9 Å². The molecule has 26 heavy (non-hydrogen) atoms. The molecule has 0 fully saturated rings. The van der Waals surface area contributed by atoms with Gasteiger partial charge in [0.1, 0.15) is 17.1 Å². The highest BCUT2D eigenvalue weighted by molar-refractivity contribution is 5.91. The van der Waals surface area contributed by atoms with Crippen molar-refractivity contribution >= 4 is 21.7 Å². The molecular weight excluding hydrogens is 336 g/mol. The van der Waals surface area contributed by atoms with Crippen LogP contribution in [0.25, 0.3) is 21.7 Å². The summed E-state index contributed by atoms with van der Waals surface area (Å²) in [5.41, 5.74) is 1.85. The monoisotopic (exact) mass is 356 g/mol. The maximum atomic E-state index is 10.8. The van der Waals surface area contributed by atoms with Crippen molar-refractivity contribution in [2.24, 2.45) is 0 Å². The van der Waals surface area contributed by atoms with Crippen LogP contribution in [0.4, 0.5) is 0 Å². The molecule has 4 aromatic rings. The topological polar surface area (TPSA) is 96.5 Å². The summed E-state index contributed by atoms with van der Waals surface area (Å²) in [7, 11) is 3.12. The van der Waals surface area contributed by atoms with Gasteiger partial charge in [0.25, 0.3) is 5.95 Å². The maximum Gasteiger partial charge on any atom is 0.292 e. The fraction of sp³-hybridized carbons (Fsp3) is 0.200. The standard InChI is InChI=1S/C20H18O5.H2O/c1-11-4-7-16-12(8-11)9-17(24-16)18(21)19-15-10-13(22-2)5-6-14(15)20(23-3)25-19;/h4-10,18,21H,1-3H3;1H2. The quantitative estimate of drug-likeness (QED) is 0.600. The van der Waals surface area contributed by atoms with Crippen molar-refractivity contribution in [3.05, 3.63) is 59.5 Å². The minimum absolute atomic E-state index is 0. The third-order valence-electron chi connectivity index (χ3n) is 4.31. The average Bonchev–Trinajstić information content (AvgIpc) is 3.21. The van der Waals surface area contributed by atoms with Crippen LogP contribution in [0.15, 0.2) is 51.3 Å². The van der Waals surface area contributed by atoms with E-state index in [0.717, 1.165) is 27.3 Å². The van der Waals surface area contributed by atoms with Gasteiger partial charge in [-0.3, -0.25) is 0 Å². The molecule has 0 saturated carbocycles. The molecule has 6 nitrogen and oxygen atoms in total. The fourth-order valence-electron chi connectivity index (χ4n) is 3.04. The molecule has 0 saturated heterocycles. The lowest BCUT2D eigenvalue weighted by molar-refractivity contribution is 0.158. The lowest BCUT2D eigenvalue weighted by atomic mass is 10.1. The van der Waals surface area contributed by atoms with E-state index in [4.69, 9.17) is 18.3 Å². The molecule has 2 heterocycles. The number of benzene rings is 2. The van der Waals surface area contributed by atoms with Gasteiger partial charge in [-0.25, -0.2) is 0 Å². The van der Waals surface area contributed by atoms with Gasteiger partial charge in [0.2, 0.25) is 0 Å². The van der Waals surface area contributed by atoms with Gasteiger partial charge in [0.05, 0.1) is 19.6 Å². The first-order valence-corrected chi connectivity index (χ1v) is 7.93. The van der Waals surface area contributed by atoms with Gasteiger partial charge in [-0.2, -0.15) is 0 Å². The van der Waals surface area contributed by atoms with Crippen molar-refractivity contribution in [1.82, 2.24) is 0 Å². The molecular formula is C20H20O6. The Hall–Kier alpha value is -2.96. The van der Waals surface area contributed by atoms with Crippen LogP contribution in [0.2, 0.25) is 0 Å². The van der Waals surface area contributed by atoms with E-state index in [1.54, 1.807) is 7.11 Å². The van der Waals surface area contributed by atoms with Gasteiger partial charge in [0.15, 0.2) is 11.9 Å². The van der Waals surface area contributed by atoms with E-state index >= 15 is 0 Å². The Balaban J connectivity index is 0.00000196. The van der Waals surface area contributed by atoms with Crippen molar-refractivity contribution in [3.63, 3.8) is 0 Å². The second kappa shape index (κ2) is 6.74. The third kappa shape index (κ3) is 2.79. The molecule has 6 heteroatoms. The summed E-state index contributed by atoms with van der Waals surface area (Å²) < 4.78 is 22.1. The van der Waals surface area contributed by atoms with Crippen LogP contribution in [0.5, 0.6) is 11.7 Å². The smallest absolute Gasteiger partial charge is 0.292 e. The molecule has 0 aliphatic heterocycles. The van der Waals surface area contributed by atoms with E-state index in [2.05, 4.69) is 0 Å². The van der Waals surface area contributed by atoms with Crippen LogP contribution in [0, 0.1) is 6.92 Å². The molecule has 0 spiro atoms. The predicted octanol–water partition coefficient (Wildman–Crippen LogP) is 3.76. The highest BCUT2D eigenvalue weighted by atomic mass is 16.6. The van der Waals surface area contributed by atoms with E-state index in [9.17, 15) is 5.11 Å². The number of furan rings is 2. The lowest BCUT2D eigenvalue weighted by Crippen LogP contribution is -1.96. The number of rotatable bonds is 4. The first-order valence-electron chi connectivity index (χ1n) is 7.93. The van der Waals surface area contributed by atoms with Gasteiger partial charge in [-0.1, -0.05) is 11.6 Å². The zero-order chi connectivity index (χ0) is 17.6. The van der Waals surface area contributed by atoms with E-state index in [-0.39, 0.29) is 5.48 Å². The van der Waals surface area contributed by atoms with E-state index in [1.807, 2.05) is 49.4 Å². The zero-order valence-electron chi connectivity index (χ0n) is 14.7. The summed E-state index contributed by atoms with van der Waals surface area (Å²) in [5, 5.41) is 13.3. The van der Waals surface area contributed by atoms with Crippen molar-refractivity contribution in [2.75, 3.05) is 14.2 Å². The van der Waals surface area contributed by atoms with Crippen LogP contribution < -0.4 is 9.47 Å². The molecule has 136 valence electrons. The molecule has 0 amide bonds. The van der Waals surface area contributed by atoms with Crippen LogP contribution in [0.1, 0.15) is 23.2 Å². The second-order valence-electron chi connectivity index (χ2n) is 5.96. The van der Waals surface area contributed by atoms with E-state index < -0.39 is 6.10 Å². The summed E-state index contributed by atoms with van der Waals surface area (Å²) in [5.74, 6) is 1.80. The lowest BCUT2D eigenvalue weighted by Gasteiger charge is -2.05. The Morgan fingerprint density at radius 3 is 2.46 bits per heavy atom. The molecule has 1 unspecified atom stereocenters. The van der Waals surface area contributed by atoms with Gasteiger partial charge < -0.3 is 28.9 Å². The number of aliphatic hydroxyl groups is 1. The van der Waals surface area contributed by atoms with E-state index in [0.29, 0.717) is 23.2 Å². The van der Waals surface area contributed by atoms with Crippen LogP contribution in [0.3, 0.4) is 0 Å². The molecule has 1 atom stereocenters. The normalized spacial score (nSPS) is 12.2. The van der Waals surface area contributed by atoms with Crippen LogP contribution in [-0.4, -0.2) is 24.8 Å². The Morgan fingerprint density at radius 1 is 0.923 bits per heavy atom. The third-order valence-corrected chi connectivity index (χ3v) is 4.31. The summed E-state index contributed by atoms with van der Waals surface area (Å²) in [6.07, 6.45) is -1.05. The summed E-state index contributed by atoms with van der Waals surface area (Å²) >= 11 is 0. The highest BCUT2D eigenvalue weighted by Crippen LogP contribution is 2.40. The van der Waals surface area contributed by atoms with Crippen LogP contribution in [-0.2, 0) is 0 Å². The Bertz CT molecular complexity index is 1060. The van der Waals surface area contributed by atoms with Crippen molar-refractivity contribution in [1.29, 1.82) is 0 Å². The minimum atomic E-state index is -1.05. The average molecular weight is 356 g/mol. The number of aliphatic hydroxyl groups excluding tert-OH is 1.